The van der Waals surface area contributed by atoms with E-state index < -0.39 is 0 Å². The number of piperidine rings is 1. The lowest BCUT2D eigenvalue weighted by Crippen LogP contribution is -2.31. The van der Waals surface area contributed by atoms with Gasteiger partial charge in [-0.15, -0.1) is 10.2 Å². The minimum absolute atomic E-state index is 0.523. The highest BCUT2D eigenvalue weighted by Gasteiger charge is 2.20. The predicted molar refractivity (Wildman–Crippen MR) is 86.4 cm³/mol. The number of aromatic nitrogens is 6. The molecule has 0 aromatic carbocycles. The zero-order valence-corrected chi connectivity index (χ0v) is 13.5. The average molecular weight is 325 g/mol. The van der Waals surface area contributed by atoms with Gasteiger partial charge in [-0.25, -0.2) is 4.98 Å². The monoisotopic (exact) mass is 325 g/mol. The molecule has 124 valence electrons. The summed E-state index contributed by atoms with van der Waals surface area (Å²) in [6.45, 7) is 2.28. The number of likely N-dealkylation sites (tertiary alicyclic amines) is 1. The van der Waals surface area contributed by atoms with Crippen molar-refractivity contribution in [2.45, 2.75) is 19.3 Å². The van der Waals surface area contributed by atoms with E-state index >= 15 is 0 Å². The van der Waals surface area contributed by atoms with Gasteiger partial charge in [0.1, 0.15) is 18.5 Å². The Bertz CT molecular complexity index is 790. The minimum atomic E-state index is 0.523. The van der Waals surface area contributed by atoms with E-state index in [2.05, 4.69) is 37.3 Å². The first-order valence-electron chi connectivity index (χ1n) is 8.10. The predicted octanol–water partition coefficient (Wildman–Crippen LogP) is 1.60. The Balaban J connectivity index is 1.49. The van der Waals surface area contributed by atoms with Crippen molar-refractivity contribution >= 4 is 0 Å². The van der Waals surface area contributed by atoms with E-state index in [0.29, 0.717) is 17.6 Å². The summed E-state index contributed by atoms with van der Waals surface area (Å²) in [5.41, 5.74) is 0.843. The van der Waals surface area contributed by atoms with E-state index in [9.17, 15) is 0 Å². The SMILES string of the molecule is CN1CCC(Cc2noc(-c3ccnc(-n4cnnc4)c3)n2)CC1. The van der Waals surface area contributed by atoms with E-state index in [1.54, 1.807) is 23.4 Å². The van der Waals surface area contributed by atoms with E-state index in [1.807, 2.05) is 12.1 Å². The molecule has 24 heavy (non-hydrogen) atoms. The Kier molecular flexibility index (Phi) is 4.04. The molecular weight excluding hydrogens is 306 g/mol. The van der Waals surface area contributed by atoms with Gasteiger partial charge < -0.3 is 9.42 Å². The first-order valence-corrected chi connectivity index (χ1v) is 8.10. The standard InChI is InChI=1S/C16H19N7O/c1-22-6-3-12(4-7-22)8-14-20-16(24-21-14)13-2-5-17-15(9-13)23-10-18-19-11-23/h2,5,9-12H,3-4,6-8H2,1H3. The molecule has 0 saturated carbocycles. The van der Waals surface area contributed by atoms with Crippen LogP contribution in [0.4, 0.5) is 0 Å². The molecule has 0 N–H and O–H groups in total. The fourth-order valence-electron chi connectivity index (χ4n) is 2.99. The van der Waals surface area contributed by atoms with Gasteiger partial charge >= 0.3 is 0 Å². The molecule has 3 aromatic rings. The lowest BCUT2D eigenvalue weighted by molar-refractivity contribution is 0.216. The summed E-state index contributed by atoms with van der Waals surface area (Å²) in [4.78, 5) is 11.2. The second-order valence-electron chi connectivity index (χ2n) is 6.24. The Morgan fingerprint density at radius 3 is 2.79 bits per heavy atom. The minimum Gasteiger partial charge on any atom is -0.334 e. The van der Waals surface area contributed by atoms with Gasteiger partial charge in [0, 0.05) is 18.2 Å². The van der Waals surface area contributed by atoms with E-state index in [0.717, 1.165) is 30.9 Å². The van der Waals surface area contributed by atoms with Crippen LogP contribution in [0.2, 0.25) is 0 Å². The molecule has 0 unspecified atom stereocenters. The van der Waals surface area contributed by atoms with Crippen molar-refractivity contribution in [1.82, 2.24) is 34.8 Å². The number of pyridine rings is 1. The van der Waals surface area contributed by atoms with Crippen LogP contribution < -0.4 is 0 Å². The Labute approximate surface area is 139 Å². The molecular formula is C16H19N7O. The highest BCUT2D eigenvalue weighted by atomic mass is 16.5. The molecule has 8 heteroatoms. The maximum absolute atomic E-state index is 5.45. The van der Waals surface area contributed by atoms with Crippen LogP contribution in [0.5, 0.6) is 0 Å². The topological polar surface area (TPSA) is 85.8 Å². The van der Waals surface area contributed by atoms with E-state index in [1.165, 1.54) is 12.8 Å². The fraction of sp³-hybridized carbons (Fsp3) is 0.438. The third-order valence-electron chi connectivity index (χ3n) is 4.45. The molecule has 4 heterocycles. The number of hydrogen-bond acceptors (Lipinski definition) is 7. The van der Waals surface area contributed by atoms with E-state index in [-0.39, 0.29) is 0 Å². The zero-order valence-electron chi connectivity index (χ0n) is 13.5. The van der Waals surface area contributed by atoms with Crippen LogP contribution in [-0.4, -0.2) is 54.9 Å². The van der Waals surface area contributed by atoms with Crippen LogP contribution in [0.3, 0.4) is 0 Å². The van der Waals surface area contributed by atoms with Crippen molar-refractivity contribution in [3.05, 3.63) is 36.8 Å². The zero-order chi connectivity index (χ0) is 16.4. The van der Waals surface area contributed by atoms with Gasteiger partial charge in [-0.1, -0.05) is 5.16 Å². The molecule has 1 aliphatic rings. The maximum atomic E-state index is 5.45. The summed E-state index contributed by atoms with van der Waals surface area (Å²) in [5, 5.41) is 11.7. The van der Waals surface area contributed by atoms with Crippen LogP contribution in [-0.2, 0) is 6.42 Å². The van der Waals surface area contributed by atoms with Gasteiger partial charge in [0.15, 0.2) is 5.82 Å². The van der Waals surface area contributed by atoms with Crippen LogP contribution in [0.1, 0.15) is 18.7 Å². The number of nitrogens with zero attached hydrogens (tertiary/aromatic N) is 7. The Hall–Kier alpha value is -2.61. The second kappa shape index (κ2) is 6.48. The molecule has 0 radical (unpaired) electrons. The fourth-order valence-corrected chi connectivity index (χ4v) is 2.99. The van der Waals surface area contributed by atoms with Gasteiger partial charge in [0.05, 0.1) is 0 Å². The summed E-state index contributed by atoms with van der Waals surface area (Å²) >= 11 is 0. The van der Waals surface area contributed by atoms with Gasteiger partial charge in [0.2, 0.25) is 0 Å². The molecule has 3 aromatic heterocycles. The quantitative estimate of drug-likeness (QED) is 0.720. The van der Waals surface area contributed by atoms with Crippen molar-refractivity contribution < 1.29 is 4.52 Å². The highest BCUT2D eigenvalue weighted by molar-refractivity contribution is 5.54. The molecule has 1 aliphatic heterocycles. The van der Waals surface area contributed by atoms with Gasteiger partial charge in [0.25, 0.3) is 5.89 Å². The summed E-state index contributed by atoms with van der Waals surface area (Å²) in [5.74, 6) is 2.65. The normalized spacial score (nSPS) is 16.5. The molecule has 4 rings (SSSR count). The Morgan fingerprint density at radius 1 is 1.21 bits per heavy atom. The van der Waals surface area contributed by atoms with Crippen LogP contribution in [0, 0.1) is 5.92 Å². The molecule has 0 amide bonds. The van der Waals surface area contributed by atoms with Crippen molar-refractivity contribution in [2.75, 3.05) is 20.1 Å². The van der Waals surface area contributed by atoms with Gasteiger partial charge in [-0.3, -0.25) is 4.57 Å². The average Bonchev–Trinajstić information content (AvgIpc) is 3.29. The smallest absolute Gasteiger partial charge is 0.258 e. The summed E-state index contributed by atoms with van der Waals surface area (Å²) in [7, 11) is 2.17. The summed E-state index contributed by atoms with van der Waals surface area (Å²) < 4.78 is 7.18. The molecule has 0 spiro atoms. The van der Waals surface area contributed by atoms with Crippen LogP contribution in [0.25, 0.3) is 17.3 Å². The van der Waals surface area contributed by atoms with E-state index in [4.69, 9.17) is 4.52 Å². The van der Waals surface area contributed by atoms with Crippen molar-refractivity contribution in [3.8, 4) is 17.3 Å². The van der Waals surface area contributed by atoms with Crippen molar-refractivity contribution in [2.24, 2.45) is 5.92 Å². The first kappa shape index (κ1) is 14.9. The Morgan fingerprint density at radius 2 is 2.00 bits per heavy atom. The van der Waals surface area contributed by atoms with Crippen LogP contribution in [0.15, 0.2) is 35.5 Å². The number of rotatable bonds is 4. The second-order valence-corrected chi connectivity index (χ2v) is 6.24. The molecule has 0 aliphatic carbocycles. The summed E-state index contributed by atoms with van der Waals surface area (Å²) in [6.07, 6.45) is 8.17. The number of hydrogen-bond donors (Lipinski definition) is 0. The molecule has 0 atom stereocenters. The van der Waals surface area contributed by atoms with Gasteiger partial charge in [-0.2, -0.15) is 4.98 Å². The molecule has 0 bridgehead atoms. The maximum Gasteiger partial charge on any atom is 0.258 e. The van der Waals surface area contributed by atoms with Crippen molar-refractivity contribution in [3.63, 3.8) is 0 Å². The van der Waals surface area contributed by atoms with Crippen molar-refractivity contribution in [1.29, 1.82) is 0 Å². The molecule has 1 fully saturated rings. The third-order valence-corrected chi connectivity index (χ3v) is 4.45. The molecule has 1 saturated heterocycles. The van der Waals surface area contributed by atoms with Crippen LogP contribution >= 0.6 is 0 Å². The largest absolute Gasteiger partial charge is 0.334 e. The summed E-state index contributed by atoms with van der Waals surface area (Å²) in [6, 6.07) is 3.75. The highest BCUT2D eigenvalue weighted by Crippen LogP contribution is 2.23. The lowest BCUT2D eigenvalue weighted by Gasteiger charge is -2.27. The third kappa shape index (κ3) is 3.18. The lowest BCUT2D eigenvalue weighted by atomic mass is 9.94. The van der Waals surface area contributed by atoms with Gasteiger partial charge in [-0.05, 0) is 51.0 Å². The molecule has 8 nitrogen and oxygen atoms in total. The first-order chi connectivity index (χ1) is 11.8.